The lowest BCUT2D eigenvalue weighted by Gasteiger charge is -2.29. The van der Waals surface area contributed by atoms with Gasteiger partial charge in [-0.25, -0.2) is 0 Å². The first-order chi connectivity index (χ1) is 10.6. The van der Waals surface area contributed by atoms with Gasteiger partial charge < -0.3 is 4.74 Å². The average molecular weight is 303 g/mol. The standard InChI is InChI=1S/C19H29NO2/c1-15-8-9-17(14-19(15)22-3)10-12-20-11-6-4-5-7-18(20)13-16(2)21/h8-9,14,18H,4-7,10-13H2,1-3H3. The van der Waals surface area contributed by atoms with Gasteiger partial charge in [0, 0.05) is 19.0 Å². The van der Waals surface area contributed by atoms with Crippen molar-refractivity contribution in [2.45, 2.75) is 58.4 Å². The Balaban J connectivity index is 1.99. The molecule has 1 aromatic rings. The van der Waals surface area contributed by atoms with E-state index >= 15 is 0 Å². The molecule has 1 saturated heterocycles. The highest BCUT2D eigenvalue weighted by Crippen LogP contribution is 2.22. The predicted molar refractivity (Wildman–Crippen MR) is 90.6 cm³/mol. The van der Waals surface area contributed by atoms with E-state index in [9.17, 15) is 4.79 Å². The second-order valence-electron chi connectivity index (χ2n) is 6.50. The van der Waals surface area contributed by atoms with Gasteiger partial charge in [0.05, 0.1) is 7.11 Å². The Morgan fingerprint density at radius 2 is 2.14 bits per heavy atom. The van der Waals surface area contributed by atoms with Gasteiger partial charge in [0.25, 0.3) is 0 Å². The number of ketones is 1. The van der Waals surface area contributed by atoms with Crippen LogP contribution in [-0.4, -0.2) is 36.9 Å². The number of rotatable bonds is 6. The van der Waals surface area contributed by atoms with Gasteiger partial charge >= 0.3 is 0 Å². The summed E-state index contributed by atoms with van der Waals surface area (Å²) in [5.41, 5.74) is 2.49. The lowest BCUT2D eigenvalue weighted by Crippen LogP contribution is -2.37. The molecule has 3 nitrogen and oxygen atoms in total. The molecule has 22 heavy (non-hydrogen) atoms. The predicted octanol–water partition coefficient (Wildman–Crippen LogP) is 3.77. The molecule has 0 saturated carbocycles. The van der Waals surface area contributed by atoms with Crippen LogP contribution in [0.2, 0.25) is 0 Å². The smallest absolute Gasteiger partial charge is 0.131 e. The number of ether oxygens (including phenoxy) is 1. The van der Waals surface area contributed by atoms with Crippen molar-refractivity contribution in [1.29, 1.82) is 0 Å². The highest BCUT2D eigenvalue weighted by Gasteiger charge is 2.21. The summed E-state index contributed by atoms with van der Waals surface area (Å²) in [6.07, 6.45) is 6.70. The van der Waals surface area contributed by atoms with E-state index in [1.807, 2.05) is 0 Å². The number of hydrogen-bond acceptors (Lipinski definition) is 3. The summed E-state index contributed by atoms with van der Waals surface area (Å²) in [6.45, 7) is 5.94. The van der Waals surface area contributed by atoms with Crippen LogP contribution in [0.3, 0.4) is 0 Å². The van der Waals surface area contributed by atoms with Gasteiger partial charge in [0.1, 0.15) is 11.5 Å². The fraction of sp³-hybridized carbons (Fsp3) is 0.632. The maximum Gasteiger partial charge on any atom is 0.131 e. The third kappa shape index (κ3) is 4.84. The monoisotopic (exact) mass is 303 g/mol. The number of nitrogens with zero attached hydrogens (tertiary/aromatic N) is 1. The van der Waals surface area contributed by atoms with Gasteiger partial charge in [-0.05, 0) is 56.8 Å². The zero-order chi connectivity index (χ0) is 15.9. The van der Waals surface area contributed by atoms with Crippen molar-refractivity contribution in [3.8, 4) is 5.75 Å². The van der Waals surface area contributed by atoms with Crippen LogP contribution in [0.1, 0.15) is 50.2 Å². The van der Waals surface area contributed by atoms with E-state index in [0.717, 1.165) is 31.7 Å². The van der Waals surface area contributed by atoms with Crippen LogP contribution in [0, 0.1) is 6.92 Å². The molecule has 2 rings (SSSR count). The largest absolute Gasteiger partial charge is 0.496 e. The Bertz CT molecular complexity index is 498. The Labute approximate surface area is 134 Å². The minimum atomic E-state index is 0.314. The number of aryl methyl sites for hydroxylation is 1. The Morgan fingerprint density at radius 1 is 1.32 bits per heavy atom. The Morgan fingerprint density at radius 3 is 2.86 bits per heavy atom. The molecule has 3 heteroatoms. The molecule has 122 valence electrons. The molecule has 1 aliphatic rings. The van der Waals surface area contributed by atoms with Crippen molar-refractivity contribution in [3.05, 3.63) is 29.3 Å². The van der Waals surface area contributed by atoms with Crippen LogP contribution in [-0.2, 0) is 11.2 Å². The number of carbonyl (C=O) groups is 1. The lowest BCUT2D eigenvalue weighted by molar-refractivity contribution is -0.118. The van der Waals surface area contributed by atoms with Crippen molar-refractivity contribution in [1.82, 2.24) is 4.90 Å². The number of carbonyl (C=O) groups excluding carboxylic acids is 1. The van der Waals surface area contributed by atoms with Gasteiger partial charge in [0.2, 0.25) is 0 Å². The quantitative estimate of drug-likeness (QED) is 0.801. The van der Waals surface area contributed by atoms with E-state index in [1.165, 1.54) is 30.4 Å². The van der Waals surface area contributed by atoms with Crippen LogP contribution < -0.4 is 4.74 Å². The maximum absolute atomic E-state index is 11.5. The van der Waals surface area contributed by atoms with E-state index in [2.05, 4.69) is 30.0 Å². The number of methoxy groups -OCH3 is 1. The molecule has 0 radical (unpaired) electrons. The molecule has 1 fully saturated rings. The van der Waals surface area contributed by atoms with Crippen LogP contribution in [0.5, 0.6) is 5.75 Å². The molecular weight excluding hydrogens is 274 g/mol. The van der Waals surface area contributed by atoms with E-state index < -0.39 is 0 Å². The molecule has 0 amide bonds. The molecule has 1 aromatic carbocycles. The first-order valence-electron chi connectivity index (χ1n) is 8.47. The topological polar surface area (TPSA) is 29.5 Å². The first kappa shape index (κ1) is 17.0. The number of hydrogen-bond donors (Lipinski definition) is 0. The zero-order valence-electron chi connectivity index (χ0n) is 14.2. The molecule has 1 aliphatic heterocycles. The third-order valence-electron chi connectivity index (χ3n) is 4.68. The fourth-order valence-corrected chi connectivity index (χ4v) is 3.39. The number of benzene rings is 1. The molecule has 1 atom stereocenters. The van der Waals surface area contributed by atoms with Crippen molar-refractivity contribution >= 4 is 5.78 Å². The minimum absolute atomic E-state index is 0.314. The number of Topliss-reactive ketones (excluding diaryl/α,β-unsaturated/α-hetero) is 1. The van der Waals surface area contributed by atoms with Crippen LogP contribution in [0.4, 0.5) is 0 Å². The third-order valence-corrected chi connectivity index (χ3v) is 4.68. The molecular formula is C19H29NO2. The summed E-state index contributed by atoms with van der Waals surface area (Å²) in [5, 5.41) is 0. The van der Waals surface area contributed by atoms with Crippen molar-refractivity contribution in [2.24, 2.45) is 0 Å². The zero-order valence-corrected chi connectivity index (χ0v) is 14.2. The summed E-state index contributed by atoms with van der Waals surface area (Å²) >= 11 is 0. The second kappa shape index (κ2) is 8.33. The van der Waals surface area contributed by atoms with Crippen molar-refractivity contribution in [3.63, 3.8) is 0 Å². The summed E-state index contributed by atoms with van der Waals surface area (Å²) in [6, 6.07) is 6.90. The first-order valence-corrected chi connectivity index (χ1v) is 8.47. The lowest BCUT2D eigenvalue weighted by atomic mass is 10.0. The summed E-state index contributed by atoms with van der Waals surface area (Å²) in [7, 11) is 1.73. The summed E-state index contributed by atoms with van der Waals surface area (Å²) in [5.74, 6) is 1.28. The SMILES string of the molecule is COc1cc(CCN2CCCCCC2CC(C)=O)ccc1C. The Kier molecular flexibility index (Phi) is 6.44. The molecule has 0 spiro atoms. The summed E-state index contributed by atoms with van der Waals surface area (Å²) < 4.78 is 5.41. The molecule has 0 N–H and O–H groups in total. The minimum Gasteiger partial charge on any atom is -0.496 e. The van der Waals surface area contributed by atoms with Gasteiger partial charge in [-0.2, -0.15) is 0 Å². The van der Waals surface area contributed by atoms with E-state index in [0.29, 0.717) is 18.2 Å². The highest BCUT2D eigenvalue weighted by atomic mass is 16.5. The average Bonchev–Trinajstić information content (AvgIpc) is 2.71. The van der Waals surface area contributed by atoms with E-state index in [1.54, 1.807) is 14.0 Å². The van der Waals surface area contributed by atoms with E-state index in [4.69, 9.17) is 4.74 Å². The molecule has 0 aliphatic carbocycles. The fourth-order valence-electron chi connectivity index (χ4n) is 3.39. The van der Waals surface area contributed by atoms with Crippen molar-refractivity contribution in [2.75, 3.05) is 20.2 Å². The van der Waals surface area contributed by atoms with Crippen LogP contribution >= 0.6 is 0 Å². The highest BCUT2D eigenvalue weighted by molar-refractivity contribution is 5.76. The van der Waals surface area contributed by atoms with Crippen LogP contribution in [0.25, 0.3) is 0 Å². The molecule has 0 bridgehead atoms. The van der Waals surface area contributed by atoms with Gasteiger partial charge in [0.15, 0.2) is 0 Å². The number of likely N-dealkylation sites (tertiary alicyclic amines) is 1. The van der Waals surface area contributed by atoms with Crippen molar-refractivity contribution < 1.29 is 9.53 Å². The van der Waals surface area contributed by atoms with E-state index in [-0.39, 0.29) is 0 Å². The normalized spacial score (nSPS) is 19.7. The van der Waals surface area contributed by atoms with Gasteiger partial charge in [-0.1, -0.05) is 25.0 Å². The van der Waals surface area contributed by atoms with Gasteiger partial charge in [-0.3, -0.25) is 9.69 Å². The van der Waals surface area contributed by atoms with Gasteiger partial charge in [-0.15, -0.1) is 0 Å². The molecule has 0 aromatic heterocycles. The summed E-state index contributed by atoms with van der Waals surface area (Å²) in [4.78, 5) is 14.1. The molecule has 1 unspecified atom stereocenters. The van der Waals surface area contributed by atoms with Crippen LogP contribution in [0.15, 0.2) is 18.2 Å². The molecule has 1 heterocycles. The Hall–Kier alpha value is -1.35. The second-order valence-corrected chi connectivity index (χ2v) is 6.50. The maximum atomic E-state index is 11.5.